The molecule has 5 nitrogen and oxygen atoms in total. The molecular weight excluding hydrogens is 172 g/mol. The predicted octanol–water partition coefficient (Wildman–Crippen LogP) is -0.468. The SMILES string of the molecule is COC(=O)C(N)CCCCC(N)=O. The molecule has 0 aliphatic heterocycles. The third-order valence-corrected chi connectivity index (χ3v) is 1.69. The fraction of sp³-hybridized carbons (Fsp3) is 0.750. The molecule has 5 heteroatoms. The zero-order valence-corrected chi connectivity index (χ0v) is 7.79. The van der Waals surface area contributed by atoms with Gasteiger partial charge < -0.3 is 16.2 Å². The second-order valence-electron chi connectivity index (χ2n) is 2.84. The molecule has 13 heavy (non-hydrogen) atoms. The van der Waals surface area contributed by atoms with Gasteiger partial charge in [-0.05, 0) is 12.8 Å². The van der Waals surface area contributed by atoms with Crippen molar-refractivity contribution in [3.8, 4) is 0 Å². The second-order valence-corrected chi connectivity index (χ2v) is 2.84. The summed E-state index contributed by atoms with van der Waals surface area (Å²) in [5.74, 6) is -0.745. The van der Waals surface area contributed by atoms with Crippen LogP contribution in [0.2, 0.25) is 0 Å². The van der Waals surface area contributed by atoms with E-state index in [0.29, 0.717) is 25.7 Å². The topological polar surface area (TPSA) is 95.4 Å². The summed E-state index contributed by atoms with van der Waals surface area (Å²) in [5.41, 5.74) is 10.4. The molecule has 0 rings (SSSR count). The first-order valence-electron chi connectivity index (χ1n) is 4.19. The predicted molar refractivity (Wildman–Crippen MR) is 47.7 cm³/mol. The highest BCUT2D eigenvalue weighted by Gasteiger charge is 2.12. The van der Waals surface area contributed by atoms with Crippen molar-refractivity contribution in [1.29, 1.82) is 0 Å². The molecule has 0 aromatic rings. The van der Waals surface area contributed by atoms with E-state index >= 15 is 0 Å². The van der Waals surface area contributed by atoms with Crippen LogP contribution in [0.5, 0.6) is 0 Å². The fourth-order valence-electron chi connectivity index (χ4n) is 0.933. The zero-order valence-electron chi connectivity index (χ0n) is 7.79. The Labute approximate surface area is 77.4 Å². The Kier molecular flexibility index (Phi) is 5.88. The Morgan fingerprint density at radius 1 is 1.38 bits per heavy atom. The number of methoxy groups -OCH3 is 1. The molecule has 0 heterocycles. The standard InChI is InChI=1S/C8H16N2O3/c1-13-8(12)6(9)4-2-3-5-7(10)11/h6H,2-5,9H2,1H3,(H2,10,11). The first-order valence-corrected chi connectivity index (χ1v) is 4.19. The lowest BCUT2D eigenvalue weighted by molar-refractivity contribution is -0.142. The van der Waals surface area contributed by atoms with Crippen molar-refractivity contribution in [1.82, 2.24) is 0 Å². The van der Waals surface area contributed by atoms with E-state index < -0.39 is 12.0 Å². The minimum atomic E-state index is -0.585. The first-order chi connectivity index (χ1) is 6.07. The summed E-state index contributed by atoms with van der Waals surface area (Å²) >= 11 is 0. The van der Waals surface area contributed by atoms with Crippen molar-refractivity contribution in [2.75, 3.05) is 7.11 Å². The van der Waals surface area contributed by atoms with Gasteiger partial charge in [-0.25, -0.2) is 0 Å². The molecule has 76 valence electrons. The van der Waals surface area contributed by atoms with Crippen molar-refractivity contribution in [3.05, 3.63) is 0 Å². The summed E-state index contributed by atoms with van der Waals surface area (Å²) in [4.78, 5) is 21.1. The monoisotopic (exact) mass is 188 g/mol. The third-order valence-electron chi connectivity index (χ3n) is 1.69. The van der Waals surface area contributed by atoms with Crippen LogP contribution in [-0.4, -0.2) is 25.0 Å². The average molecular weight is 188 g/mol. The van der Waals surface area contributed by atoms with E-state index in [1.165, 1.54) is 7.11 Å². The van der Waals surface area contributed by atoms with Gasteiger partial charge in [0.1, 0.15) is 6.04 Å². The Morgan fingerprint density at radius 3 is 2.46 bits per heavy atom. The number of ether oxygens (including phenoxy) is 1. The first kappa shape index (κ1) is 11.9. The lowest BCUT2D eigenvalue weighted by atomic mass is 10.1. The molecule has 4 N–H and O–H groups in total. The summed E-state index contributed by atoms with van der Waals surface area (Å²) < 4.78 is 4.43. The molecule has 0 aromatic heterocycles. The highest BCUT2D eigenvalue weighted by molar-refractivity contribution is 5.75. The summed E-state index contributed by atoms with van der Waals surface area (Å²) in [6.07, 6.45) is 2.24. The Balaban J connectivity index is 3.42. The van der Waals surface area contributed by atoms with Gasteiger partial charge in [0.2, 0.25) is 5.91 Å². The molecule has 1 unspecified atom stereocenters. The van der Waals surface area contributed by atoms with Crippen LogP contribution in [0.15, 0.2) is 0 Å². The van der Waals surface area contributed by atoms with Gasteiger partial charge in [0.15, 0.2) is 0 Å². The second kappa shape index (κ2) is 6.42. The van der Waals surface area contributed by atoms with Crippen molar-refractivity contribution in [2.24, 2.45) is 11.5 Å². The number of unbranched alkanes of at least 4 members (excludes halogenated alkanes) is 1. The lowest BCUT2D eigenvalue weighted by Gasteiger charge is -2.07. The minimum absolute atomic E-state index is 0.327. The molecular formula is C8H16N2O3. The lowest BCUT2D eigenvalue weighted by Crippen LogP contribution is -2.31. The third kappa shape index (κ3) is 6.10. The van der Waals surface area contributed by atoms with E-state index in [0.717, 1.165) is 0 Å². The number of rotatable bonds is 6. The van der Waals surface area contributed by atoms with Crippen LogP contribution in [0.4, 0.5) is 0 Å². The minimum Gasteiger partial charge on any atom is -0.468 e. The summed E-state index contributed by atoms with van der Waals surface area (Å²) in [6.45, 7) is 0. The van der Waals surface area contributed by atoms with Crippen LogP contribution < -0.4 is 11.5 Å². The zero-order chi connectivity index (χ0) is 10.3. The molecule has 0 aliphatic carbocycles. The molecule has 1 amide bonds. The van der Waals surface area contributed by atoms with Crippen molar-refractivity contribution in [3.63, 3.8) is 0 Å². The van der Waals surface area contributed by atoms with Crippen LogP contribution >= 0.6 is 0 Å². The van der Waals surface area contributed by atoms with Crippen LogP contribution in [-0.2, 0) is 14.3 Å². The maximum Gasteiger partial charge on any atom is 0.322 e. The number of amides is 1. The summed E-state index contributed by atoms with van der Waals surface area (Å²) in [7, 11) is 1.30. The molecule has 1 atom stereocenters. The van der Waals surface area contributed by atoms with E-state index in [1.807, 2.05) is 0 Å². The summed E-state index contributed by atoms with van der Waals surface area (Å²) in [5, 5.41) is 0. The molecule has 0 saturated heterocycles. The molecule has 0 spiro atoms. The van der Waals surface area contributed by atoms with Gasteiger partial charge in [-0.15, -0.1) is 0 Å². The normalized spacial score (nSPS) is 12.2. The highest BCUT2D eigenvalue weighted by Crippen LogP contribution is 2.02. The average Bonchev–Trinajstić information content (AvgIpc) is 2.10. The van der Waals surface area contributed by atoms with Crippen molar-refractivity contribution in [2.45, 2.75) is 31.7 Å². The Hall–Kier alpha value is -1.10. The van der Waals surface area contributed by atoms with E-state index in [9.17, 15) is 9.59 Å². The number of esters is 1. The van der Waals surface area contributed by atoms with Crippen LogP contribution in [0, 0.1) is 0 Å². The van der Waals surface area contributed by atoms with E-state index in [4.69, 9.17) is 11.5 Å². The van der Waals surface area contributed by atoms with Gasteiger partial charge in [0, 0.05) is 6.42 Å². The molecule has 0 aromatic carbocycles. The number of carbonyl (C=O) groups is 2. The van der Waals surface area contributed by atoms with Gasteiger partial charge in [-0.1, -0.05) is 6.42 Å². The summed E-state index contributed by atoms with van der Waals surface area (Å²) in [6, 6.07) is -0.585. The quantitative estimate of drug-likeness (QED) is 0.435. The van der Waals surface area contributed by atoms with E-state index in [-0.39, 0.29) is 5.91 Å². The van der Waals surface area contributed by atoms with Gasteiger partial charge >= 0.3 is 5.97 Å². The number of hydrogen-bond donors (Lipinski definition) is 2. The maximum absolute atomic E-state index is 10.8. The Bertz CT molecular complexity index is 182. The largest absolute Gasteiger partial charge is 0.468 e. The van der Waals surface area contributed by atoms with Gasteiger partial charge in [0.25, 0.3) is 0 Å². The van der Waals surface area contributed by atoms with Gasteiger partial charge in [0.05, 0.1) is 7.11 Å². The van der Waals surface area contributed by atoms with E-state index in [1.54, 1.807) is 0 Å². The molecule has 0 radical (unpaired) electrons. The molecule has 0 bridgehead atoms. The molecule has 0 fully saturated rings. The molecule has 0 saturated carbocycles. The van der Waals surface area contributed by atoms with Crippen LogP contribution in [0.1, 0.15) is 25.7 Å². The van der Waals surface area contributed by atoms with Gasteiger partial charge in [-0.2, -0.15) is 0 Å². The van der Waals surface area contributed by atoms with Crippen LogP contribution in [0.3, 0.4) is 0 Å². The van der Waals surface area contributed by atoms with Gasteiger partial charge in [-0.3, -0.25) is 9.59 Å². The smallest absolute Gasteiger partial charge is 0.322 e. The van der Waals surface area contributed by atoms with E-state index in [2.05, 4.69) is 4.74 Å². The Morgan fingerprint density at radius 2 is 2.00 bits per heavy atom. The number of hydrogen-bond acceptors (Lipinski definition) is 4. The molecule has 0 aliphatic rings. The van der Waals surface area contributed by atoms with Crippen LogP contribution in [0.25, 0.3) is 0 Å². The van der Waals surface area contributed by atoms with Crippen molar-refractivity contribution >= 4 is 11.9 Å². The van der Waals surface area contributed by atoms with Crippen molar-refractivity contribution < 1.29 is 14.3 Å². The maximum atomic E-state index is 10.8. The highest BCUT2D eigenvalue weighted by atomic mass is 16.5. The number of primary amides is 1. The fourth-order valence-corrected chi connectivity index (χ4v) is 0.933. The number of carbonyl (C=O) groups excluding carboxylic acids is 2. The number of nitrogens with two attached hydrogens (primary N) is 2.